The molecule has 1 aromatic heterocycles. The van der Waals surface area contributed by atoms with Gasteiger partial charge < -0.3 is 15.2 Å². The van der Waals surface area contributed by atoms with Crippen LogP contribution in [-0.2, 0) is 0 Å². The summed E-state index contributed by atoms with van der Waals surface area (Å²) in [5, 5.41) is 14.3. The second kappa shape index (κ2) is 6.91. The number of nitrogens with one attached hydrogen (secondary N) is 1. The molecule has 5 heteroatoms. The lowest BCUT2D eigenvalue weighted by atomic mass is 10.2. The fraction of sp³-hybridized carbons (Fsp3) is 0.438. The van der Waals surface area contributed by atoms with Gasteiger partial charge in [0.1, 0.15) is 5.01 Å². The largest absolute Gasteiger partial charge is 0.504 e. The number of hydrogen-bond donors (Lipinski definition) is 2. The minimum Gasteiger partial charge on any atom is -0.504 e. The highest BCUT2D eigenvalue weighted by atomic mass is 32.1. The first kappa shape index (κ1) is 15.8. The quantitative estimate of drug-likeness (QED) is 0.850. The zero-order chi connectivity index (χ0) is 15.4. The molecule has 0 fully saturated rings. The molecule has 1 heterocycles. The number of aromatic nitrogens is 1. The minimum atomic E-state index is 0.140. The predicted molar refractivity (Wildman–Crippen MR) is 87.2 cm³/mol. The Morgan fingerprint density at radius 1 is 1.43 bits per heavy atom. The highest BCUT2D eigenvalue weighted by molar-refractivity contribution is 7.15. The van der Waals surface area contributed by atoms with E-state index in [1.807, 2.05) is 13.0 Å². The van der Waals surface area contributed by atoms with Crippen molar-refractivity contribution in [3.8, 4) is 22.1 Å². The summed E-state index contributed by atoms with van der Waals surface area (Å²) in [7, 11) is 1.54. The molecule has 0 bridgehead atoms. The molecule has 21 heavy (non-hydrogen) atoms. The van der Waals surface area contributed by atoms with Gasteiger partial charge in [-0.15, -0.1) is 11.3 Å². The lowest BCUT2D eigenvalue weighted by Gasteiger charge is -2.11. The van der Waals surface area contributed by atoms with Crippen LogP contribution in [0, 0.1) is 6.92 Å². The highest BCUT2D eigenvalue weighted by Gasteiger charge is 2.15. The van der Waals surface area contributed by atoms with Crippen LogP contribution in [0.1, 0.15) is 36.9 Å². The Labute approximate surface area is 129 Å². The molecule has 0 saturated heterocycles. The van der Waals surface area contributed by atoms with Crippen LogP contribution in [0.25, 0.3) is 10.6 Å². The summed E-state index contributed by atoms with van der Waals surface area (Å²) >= 11 is 1.67. The van der Waals surface area contributed by atoms with E-state index in [0.717, 1.165) is 29.2 Å². The molecule has 114 valence electrons. The molecule has 0 aliphatic carbocycles. The molecular weight excluding hydrogens is 284 g/mol. The third-order valence-electron chi connectivity index (χ3n) is 3.35. The number of methoxy groups -OCH3 is 1. The monoisotopic (exact) mass is 306 g/mol. The van der Waals surface area contributed by atoms with Crippen LogP contribution in [0.5, 0.6) is 11.5 Å². The van der Waals surface area contributed by atoms with Crippen molar-refractivity contribution in [2.45, 2.75) is 33.2 Å². The summed E-state index contributed by atoms with van der Waals surface area (Å²) < 4.78 is 5.07. The van der Waals surface area contributed by atoms with Gasteiger partial charge in [-0.05, 0) is 45.0 Å². The van der Waals surface area contributed by atoms with Gasteiger partial charge in [0.2, 0.25) is 0 Å². The summed E-state index contributed by atoms with van der Waals surface area (Å²) in [6.45, 7) is 7.34. The summed E-state index contributed by atoms with van der Waals surface area (Å²) in [6.07, 6.45) is 1.11. The molecule has 2 rings (SSSR count). The van der Waals surface area contributed by atoms with Gasteiger partial charge in [0.25, 0.3) is 0 Å². The maximum absolute atomic E-state index is 9.89. The first-order valence-electron chi connectivity index (χ1n) is 7.14. The Morgan fingerprint density at radius 3 is 2.81 bits per heavy atom. The Kier molecular flexibility index (Phi) is 5.20. The number of hydrogen-bond acceptors (Lipinski definition) is 5. The van der Waals surface area contributed by atoms with Gasteiger partial charge in [0.15, 0.2) is 11.5 Å². The van der Waals surface area contributed by atoms with Crippen molar-refractivity contribution in [1.82, 2.24) is 10.3 Å². The number of phenols is 1. The number of aromatic hydroxyl groups is 1. The van der Waals surface area contributed by atoms with Gasteiger partial charge in [0, 0.05) is 16.5 Å². The Hall–Kier alpha value is -1.59. The van der Waals surface area contributed by atoms with E-state index in [4.69, 9.17) is 4.74 Å². The van der Waals surface area contributed by atoms with Gasteiger partial charge >= 0.3 is 0 Å². The number of nitrogens with zero attached hydrogens (tertiary/aromatic N) is 1. The number of phenolic OH excluding ortho intramolecular Hbond substituents is 1. The Morgan fingerprint density at radius 2 is 2.19 bits per heavy atom. The van der Waals surface area contributed by atoms with Crippen LogP contribution in [0.2, 0.25) is 0 Å². The third-order valence-corrected chi connectivity index (χ3v) is 4.74. The molecule has 0 aliphatic heterocycles. The first-order chi connectivity index (χ1) is 10.1. The molecule has 4 nitrogen and oxygen atoms in total. The lowest BCUT2D eigenvalue weighted by molar-refractivity contribution is 0.373. The van der Waals surface area contributed by atoms with Crippen molar-refractivity contribution in [2.24, 2.45) is 0 Å². The normalized spacial score (nSPS) is 12.4. The Bertz CT molecular complexity index is 610. The van der Waals surface area contributed by atoms with Crippen molar-refractivity contribution in [3.05, 3.63) is 28.8 Å². The standard InChI is InChI=1S/C16H22N2O2S/c1-5-8-17-10(2)15-11(3)18-16(21-15)12-6-7-14(20-4)13(19)9-12/h6-7,9-10,17,19H,5,8H2,1-4H3. The number of benzene rings is 1. The molecule has 0 amide bonds. The first-order valence-corrected chi connectivity index (χ1v) is 7.96. The van der Waals surface area contributed by atoms with E-state index in [2.05, 4.69) is 24.1 Å². The highest BCUT2D eigenvalue weighted by Crippen LogP contribution is 2.35. The molecule has 0 spiro atoms. The van der Waals surface area contributed by atoms with Gasteiger partial charge in [0.05, 0.1) is 12.8 Å². The SMILES string of the molecule is CCCNC(C)c1sc(-c2ccc(OC)c(O)c2)nc1C. The van der Waals surface area contributed by atoms with Crippen molar-refractivity contribution < 1.29 is 9.84 Å². The molecule has 2 aromatic rings. The molecule has 1 aromatic carbocycles. The number of thiazole rings is 1. The van der Waals surface area contributed by atoms with E-state index in [0.29, 0.717) is 11.8 Å². The summed E-state index contributed by atoms with van der Waals surface area (Å²) in [4.78, 5) is 5.88. The average molecular weight is 306 g/mol. The zero-order valence-corrected chi connectivity index (χ0v) is 13.8. The van der Waals surface area contributed by atoms with Crippen LogP contribution in [0.15, 0.2) is 18.2 Å². The average Bonchev–Trinajstić information content (AvgIpc) is 2.86. The maximum Gasteiger partial charge on any atom is 0.160 e. The van der Waals surface area contributed by atoms with Crippen LogP contribution < -0.4 is 10.1 Å². The molecular formula is C16H22N2O2S. The molecule has 1 unspecified atom stereocenters. The van der Waals surface area contributed by atoms with Crippen molar-refractivity contribution in [2.75, 3.05) is 13.7 Å². The minimum absolute atomic E-state index is 0.140. The number of aryl methyl sites for hydroxylation is 1. The van der Waals surface area contributed by atoms with Crippen molar-refractivity contribution in [3.63, 3.8) is 0 Å². The van der Waals surface area contributed by atoms with Crippen LogP contribution >= 0.6 is 11.3 Å². The van der Waals surface area contributed by atoms with E-state index in [9.17, 15) is 5.11 Å². The molecule has 2 N–H and O–H groups in total. The molecule has 0 aliphatic rings. The van der Waals surface area contributed by atoms with Gasteiger partial charge in [-0.3, -0.25) is 0 Å². The van der Waals surface area contributed by atoms with Crippen molar-refractivity contribution >= 4 is 11.3 Å². The fourth-order valence-electron chi connectivity index (χ4n) is 2.21. The summed E-state index contributed by atoms with van der Waals surface area (Å²) in [5.41, 5.74) is 1.96. The summed E-state index contributed by atoms with van der Waals surface area (Å²) in [5.74, 6) is 0.617. The van der Waals surface area contributed by atoms with E-state index >= 15 is 0 Å². The zero-order valence-electron chi connectivity index (χ0n) is 12.9. The fourth-order valence-corrected chi connectivity index (χ4v) is 3.30. The topological polar surface area (TPSA) is 54.4 Å². The van der Waals surface area contributed by atoms with Crippen molar-refractivity contribution in [1.29, 1.82) is 0 Å². The van der Waals surface area contributed by atoms with Crippen LogP contribution in [0.3, 0.4) is 0 Å². The van der Waals surface area contributed by atoms with E-state index in [-0.39, 0.29) is 5.75 Å². The Balaban J connectivity index is 2.27. The molecule has 0 saturated carbocycles. The van der Waals surface area contributed by atoms with Crippen LogP contribution in [-0.4, -0.2) is 23.7 Å². The maximum atomic E-state index is 9.89. The van der Waals surface area contributed by atoms with Gasteiger partial charge in [-0.1, -0.05) is 6.92 Å². The second-order valence-electron chi connectivity index (χ2n) is 5.03. The number of rotatable bonds is 6. The number of ether oxygens (including phenoxy) is 1. The predicted octanol–water partition coefficient (Wildman–Crippen LogP) is 3.89. The third kappa shape index (κ3) is 3.54. The second-order valence-corrected chi connectivity index (χ2v) is 6.06. The molecule has 0 radical (unpaired) electrons. The van der Waals surface area contributed by atoms with E-state index in [1.165, 1.54) is 4.88 Å². The lowest BCUT2D eigenvalue weighted by Crippen LogP contribution is -2.18. The van der Waals surface area contributed by atoms with Gasteiger partial charge in [-0.2, -0.15) is 0 Å². The smallest absolute Gasteiger partial charge is 0.160 e. The van der Waals surface area contributed by atoms with Crippen LogP contribution in [0.4, 0.5) is 0 Å². The van der Waals surface area contributed by atoms with E-state index < -0.39 is 0 Å². The van der Waals surface area contributed by atoms with E-state index in [1.54, 1.807) is 30.6 Å². The summed E-state index contributed by atoms with van der Waals surface area (Å²) in [6, 6.07) is 5.68. The molecule has 1 atom stereocenters. The van der Waals surface area contributed by atoms with Gasteiger partial charge in [-0.25, -0.2) is 4.98 Å².